The summed E-state index contributed by atoms with van der Waals surface area (Å²) in [6, 6.07) is 17.9. The molecule has 3 saturated heterocycles. The number of hydrogen-bond acceptors (Lipinski definition) is 10. The van der Waals surface area contributed by atoms with Crippen LogP contribution in [0.3, 0.4) is 0 Å². The Morgan fingerprint density at radius 3 is 2.31 bits per heavy atom. The van der Waals surface area contributed by atoms with Gasteiger partial charge >= 0.3 is 11.9 Å². The number of H-pyrrole nitrogens is 1. The van der Waals surface area contributed by atoms with Crippen LogP contribution in [-0.4, -0.2) is 69.0 Å². The summed E-state index contributed by atoms with van der Waals surface area (Å²) in [5, 5.41) is 14.9. The minimum atomic E-state index is -1.50. The molecule has 3 aliphatic heterocycles. The fourth-order valence-electron chi connectivity index (χ4n) is 6.83. The van der Waals surface area contributed by atoms with Crippen LogP contribution >= 0.6 is 34.5 Å². The number of piperidine rings is 3. The Bertz CT molecular complexity index is 1800. The van der Waals surface area contributed by atoms with E-state index in [9.17, 15) is 14.7 Å². The molecular weight excluding hydrogens is 713 g/mol. The van der Waals surface area contributed by atoms with Gasteiger partial charge in [-0.3, -0.25) is 5.32 Å². The maximum atomic E-state index is 13.9. The molecule has 0 amide bonds. The van der Waals surface area contributed by atoms with Crippen LogP contribution in [0.25, 0.3) is 0 Å². The van der Waals surface area contributed by atoms with E-state index in [0.29, 0.717) is 49.7 Å². The first-order chi connectivity index (χ1) is 24.7. The van der Waals surface area contributed by atoms with Gasteiger partial charge in [0.1, 0.15) is 21.0 Å². The lowest BCUT2D eigenvalue weighted by molar-refractivity contribution is -0.377. The van der Waals surface area contributed by atoms with Gasteiger partial charge in [0.2, 0.25) is 0 Å². The van der Waals surface area contributed by atoms with Gasteiger partial charge in [-0.2, -0.15) is 0 Å². The van der Waals surface area contributed by atoms with Gasteiger partial charge in [0.05, 0.1) is 27.4 Å². The number of aromatic amines is 1. The van der Waals surface area contributed by atoms with Crippen molar-refractivity contribution in [2.75, 3.05) is 47.1 Å². The third-order valence-electron chi connectivity index (χ3n) is 10.1. The molecule has 270 valence electrons. The number of thiophene rings is 1. The SMILES string of the molecule is COc1ccc([C@H](Cc2c(Cl)c[nH+]cc2Cl)OC(=O)c2ccc(CNC(CO)(C(=O)OCC34CCN(CC3)CC4)c3ccccc3)s2)cc1OC. The number of ether oxygens (including phenoxy) is 4. The van der Waals surface area contributed by atoms with Crippen LogP contribution in [0.5, 0.6) is 11.5 Å². The van der Waals surface area contributed by atoms with Crippen LogP contribution in [0.2, 0.25) is 10.0 Å². The monoisotopic (exact) mass is 754 g/mol. The third kappa shape index (κ3) is 8.19. The van der Waals surface area contributed by atoms with E-state index in [1.165, 1.54) is 18.4 Å². The molecule has 0 saturated carbocycles. The molecule has 2 atom stereocenters. The number of aromatic nitrogens is 1. The first kappa shape index (κ1) is 37.1. The summed E-state index contributed by atoms with van der Waals surface area (Å²) in [7, 11) is 3.08. The summed E-state index contributed by atoms with van der Waals surface area (Å²) in [5.41, 5.74) is 0.352. The van der Waals surface area contributed by atoms with Gasteiger partial charge in [0.15, 0.2) is 29.4 Å². The van der Waals surface area contributed by atoms with Crippen molar-refractivity contribution in [3.05, 3.63) is 110 Å². The Labute approximate surface area is 311 Å². The van der Waals surface area contributed by atoms with Gasteiger partial charge in [-0.15, -0.1) is 11.3 Å². The van der Waals surface area contributed by atoms with E-state index in [0.717, 1.165) is 43.8 Å². The Kier molecular flexibility index (Phi) is 11.9. The van der Waals surface area contributed by atoms with E-state index < -0.39 is 30.2 Å². The van der Waals surface area contributed by atoms with Crippen molar-refractivity contribution in [1.29, 1.82) is 0 Å². The summed E-state index contributed by atoms with van der Waals surface area (Å²) < 4.78 is 23.1. The number of esters is 2. The number of rotatable bonds is 15. The summed E-state index contributed by atoms with van der Waals surface area (Å²) >= 11 is 14.2. The van der Waals surface area contributed by atoms with Crippen LogP contribution in [0.4, 0.5) is 0 Å². The van der Waals surface area contributed by atoms with Crippen molar-refractivity contribution in [3.63, 3.8) is 0 Å². The number of benzene rings is 2. The molecule has 2 aromatic carbocycles. The Morgan fingerprint density at radius 1 is 0.980 bits per heavy atom. The van der Waals surface area contributed by atoms with Crippen molar-refractivity contribution in [1.82, 2.24) is 10.2 Å². The smallest absolute Gasteiger partial charge is 0.348 e. The third-order valence-corrected chi connectivity index (χ3v) is 11.8. The minimum absolute atomic E-state index is 0.0181. The molecule has 0 aliphatic carbocycles. The van der Waals surface area contributed by atoms with Gasteiger partial charge in [-0.05, 0) is 74.3 Å². The summed E-state index contributed by atoms with van der Waals surface area (Å²) in [6.07, 6.45) is 5.65. The van der Waals surface area contributed by atoms with Gasteiger partial charge in [-0.25, -0.2) is 14.6 Å². The number of pyridine rings is 1. The molecule has 3 N–H and O–H groups in total. The highest BCUT2D eigenvalue weighted by atomic mass is 35.5. The number of carbonyl (C=O) groups is 2. The van der Waals surface area contributed by atoms with Crippen molar-refractivity contribution in [2.45, 2.75) is 43.9 Å². The quantitative estimate of drug-likeness (QED) is 0.140. The van der Waals surface area contributed by atoms with E-state index in [-0.39, 0.29) is 18.4 Å². The molecule has 3 fully saturated rings. The number of aliphatic hydroxyl groups is 1. The Balaban J connectivity index is 1.19. The van der Waals surface area contributed by atoms with Crippen LogP contribution in [0, 0.1) is 5.41 Å². The molecule has 3 aliphatic rings. The molecule has 13 heteroatoms. The first-order valence-corrected chi connectivity index (χ1v) is 18.4. The van der Waals surface area contributed by atoms with Crippen molar-refractivity contribution in [3.8, 4) is 11.5 Å². The van der Waals surface area contributed by atoms with Crippen molar-refractivity contribution >= 4 is 46.5 Å². The van der Waals surface area contributed by atoms with E-state index in [1.807, 2.05) is 18.2 Å². The molecule has 2 bridgehead atoms. The number of hydrogen-bond donors (Lipinski definition) is 2. The molecule has 51 heavy (non-hydrogen) atoms. The molecule has 2 aromatic heterocycles. The van der Waals surface area contributed by atoms with Crippen LogP contribution < -0.4 is 19.8 Å². The number of nitrogens with zero attached hydrogens (tertiary/aromatic N) is 1. The number of nitrogens with one attached hydrogen (secondary N) is 2. The highest BCUT2D eigenvalue weighted by Crippen LogP contribution is 2.41. The highest BCUT2D eigenvalue weighted by molar-refractivity contribution is 7.13. The van der Waals surface area contributed by atoms with Gasteiger partial charge in [0.25, 0.3) is 0 Å². The molecule has 7 rings (SSSR count). The number of fused-ring (bicyclic) bond motifs is 3. The number of carbonyl (C=O) groups excluding carboxylic acids is 2. The second-order valence-electron chi connectivity index (χ2n) is 13.1. The van der Waals surface area contributed by atoms with Crippen molar-refractivity contribution < 1.29 is 38.6 Å². The maximum Gasteiger partial charge on any atom is 0.348 e. The topological polar surface area (TPSA) is 121 Å². The molecule has 4 aromatic rings. The van der Waals surface area contributed by atoms with Gasteiger partial charge < -0.3 is 29.0 Å². The number of methoxy groups -OCH3 is 2. The molecular formula is C38H42Cl2N3O7S+. The molecule has 0 radical (unpaired) electrons. The Hall–Kier alpha value is -3.71. The lowest BCUT2D eigenvalue weighted by atomic mass is 9.73. The zero-order valence-electron chi connectivity index (χ0n) is 28.6. The van der Waals surface area contributed by atoms with Crippen LogP contribution in [0.1, 0.15) is 56.6 Å². The molecule has 0 spiro atoms. The summed E-state index contributed by atoms with van der Waals surface area (Å²) in [5.74, 6) is -0.0607. The summed E-state index contributed by atoms with van der Waals surface area (Å²) in [6.45, 7) is 3.06. The zero-order valence-corrected chi connectivity index (χ0v) is 30.9. The van der Waals surface area contributed by atoms with Gasteiger partial charge in [0, 0.05) is 28.8 Å². The predicted molar refractivity (Wildman–Crippen MR) is 194 cm³/mol. The van der Waals surface area contributed by atoms with E-state index >= 15 is 0 Å². The predicted octanol–water partition coefficient (Wildman–Crippen LogP) is 6.03. The lowest BCUT2D eigenvalue weighted by Crippen LogP contribution is -2.55. The molecule has 1 unspecified atom stereocenters. The normalized spacial score (nSPS) is 19.9. The fourth-order valence-corrected chi connectivity index (χ4v) is 8.19. The fraction of sp³-hybridized carbons (Fsp3) is 0.395. The number of aliphatic hydroxyl groups excluding tert-OH is 1. The zero-order chi connectivity index (χ0) is 36.0. The highest BCUT2D eigenvalue weighted by Gasteiger charge is 2.45. The largest absolute Gasteiger partial charge is 0.493 e. The average Bonchev–Trinajstić information content (AvgIpc) is 3.66. The van der Waals surface area contributed by atoms with Crippen LogP contribution in [-0.2, 0) is 32.8 Å². The van der Waals surface area contributed by atoms with Crippen molar-refractivity contribution in [2.24, 2.45) is 5.41 Å². The van der Waals surface area contributed by atoms with Crippen LogP contribution in [0.15, 0.2) is 73.1 Å². The van der Waals surface area contributed by atoms with E-state index in [1.54, 1.807) is 62.0 Å². The van der Waals surface area contributed by atoms with E-state index in [2.05, 4.69) is 15.2 Å². The molecule has 10 nitrogen and oxygen atoms in total. The summed E-state index contributed by atoms with van der Waals surface area (Å²) in [4.78, 5) is 34.1. The second-order valence-corrected chi connectivity index (χ2v) is 15.0. The lowest BCUT2D eigenvalue weighted by Gasteiger charge is -2.48. The standard InChI is InChI=1S/C38H41Cl2N3O7S/c1-47-31-10-8-25(18-33(31)48-2)32(19-28-29(39)21-41-22-30(28)40)50-35(45)34-11-9-27(51-34)20-42-38(23-44,26-6-4-3-5-7-26)36(46)49-24-37-12-15-43(16-13-37)17-14-37/h3-11,18,21-22,32,42,44H,12-17,19-20,23-24H2,1-2H3/p+1/t32-,38?/m0/s1. The van der Waals surface area contributed by atoms with Gasteiger partial charge in [-0.1, -0.05) is 59.6 Å². The average molecular weight is 756 g/mol. The first-order valence-electron chi connectivity index (χ1n) is 16.9. The molecule has 5 heterocycles. The number of halogens is 2. The van der Waals surface area contributed by atoms with E-state index in [4.69, 9.17) is 42.1 Å². The Morgan fingerprint density at radius 2 is 1.67 bits per heavy atom. The second kappa shape index (κ2) is 16.3. The maximum absolute atomic E-state index is 13.9. The minimum Gasteiger partial charge on any atom is -0.493 e.